The SMILES string of the molecule is COc1ccc(NC(=O)N[C@H](C)[C@@H]2C[C@H]3CC[C@H]2C3)cc1. The molecule has 2 saturated carbocycles. The molecule has 0 saturated heterocycles. The number of benzene rings is 1. The largest absolute Gasteiger partial charge is 0.497 e. The summed E-state index contributed by atoms with van der Waals surface area (Å²) in [6.45, 7) is 2.14. The van der Waals surface area contributed by atoms with Crippen LogP contribution in [0.15, 0.2) is 24.3 Å². The first-order chi connectivity index (χ1) is 10.2. The van der Waals surface area contributed by atoms with E-state index in [1.54, 1.807) is 7.11 Å². The maximum atomic E-state index is 12.1. The van der Waals surface area contributed by atoms with Crippen molar-refractivity contribution in [2.24, 2.45) is 17.8 Å². The van der Waals surface area contributed by atoms with Gasteiger partial charge < -0.3 is 15.4 Å². The number of amides is 2. The number of rotatable bonds is 4. The minimum Gasteiger partial charge on any atom is -0.497 e. The van der Waals surface area contributed by atoms with E-state index in [1.165, 1.54) is 25.7 Å². The number of anilines is 1. The van der Waals surface area contributed by atoms with Crippen LogP contribution in [0, 0.1) is 17.8 Å². The maximum absolute atomic E-state index is 12.1. The lowest BCUT2D eigenvalue weighted by molar-refractivity contribution is 0.230. The molecule has 0 aliphatic heterocycles. The van der Waals surface area contributed by atoms with Crippen LogP contribution in [0.5, 0.6) is 5.75 Å². The van der Waals surface area contributed by atoms with Gasteiger partial charge >= 0.3 is 6.03 Å². The Bertz CT molecular complexity index is 500. The first-order valence-corrected chi connectivity index (χ1v) is 7.87. The molecule has 1 aromatic carbocycles. The number of urea groups is 1. The standard InChI is InChI=1S/C17H24N2O2/c1-11(16-10-12-3-4-13(16)9-12)18-17(20)19-14-5-7-15(21-2)8-6-14/h5-8,11-13,16H,3-4,9-10H2,1-2H3,(H2,18,19,20)/t11-,12+,13+,16+/m1/s1. The highest BCUT2D eigenvalue weighted by atomic mass is 16.5. The Morgan fingerprint density at radius 2 is 2.00 bits per heavy atom. The zero-order valence-corrected chi connectivity index (χ0v) is 12.8. The van der Waals surface area contributed by atoms with Gasteiger partial charge in [-0.1, -0.05) is 6.42 Å². The fourth-order valence-corrected chi connectivity index (χ4v) is 4.06. The van der Waals surface area contributed by atoms with E-state index in [1.807, 2.05) is 24.3 Å². The van der Waals surface area contributed by atoms with E-state index in [0.29, 0.717) is 5.92 Å². The lowest BCUT2D eigenvalue weighted by Gasteiger charge is -2.28. The van der Waals surface area contributed by atoms with E-state index in [9.17, 15) is 4.79 Å². The number of hydrogen-bond donors (Lipinski definition) is 2. The molecule has 2 amide bonds. The summed E-state index contributed by atoms with van der Waals surface area (Å²) in [7, 11) is 1.63. The minimum atomic E-state index is -0.115. The number of ether oxygens (including phenoxy) is 1. The molecule has 0 spiro atoms. The van der Waals surface area contributed by atoms with Crippen LogP contribution in [0.2, 0.25) is 0 Å². The Labute approximate surface area is 126 Å². The molecule has 0 radical (unpaired) electrons. The summed E-state index contributed by atoms with van der Waals surface area (Å²) in [4.78, 5) is 12.1. The van der Waals surface area contributed by atoms with Gasteiger partial charge in [0.15, 0.2) is 0 Å². The van der Waals surface area contributed by atoms with Gasteiger partial charge in [0, 0.05) is 11.7 Å². The molecule has 4 heteroatoms. The van der Waals surface area contributed by atoms with Crippen LogP contribution in [0.3, 0.4) is 0 Å². The molecule has 1 aromatic rings. The number of fused-ring (bicyclic) bond motifs is 2. The lowest BCUT2D eigenvalue weighted by atomic mass is 9.84. The molecule has 2 aliphatic rings. The minimum absolute atomic E-state index is 0.115. The summed E-state index contributed by atoms with van der Waals surface area (Å²) >= 11 is 0. The number of nitrogens with one attached hydrogen (secondary N) is 2. The zero-order chi connectivity index (χ0) is 14.8. The van der Waals surface area contributed by atoms with Crippen LogP contribution in [0.1, 0.15) is 32.6 Å². The van der Waals surface area contributed by atoms with Crippen molar-refractivity contribution in [2.45, 2.75) is 38.6 Å². The molecule has 4 atom stereocenters. The molecule has 0 aromatic heterocycles. The number of methoxy groups -OCH3 is 1. The fraction of sp³-hybridized carbons (Fsp3) is 0.588. The summed E-state index contributed by atoms with van der Waals surface area (Å²) in [5, 5.41) is 5.99. The van der Waals surface area contributed by atoms with Gasteiger partial charge in [0.05, 0.1) is 7.11 Å². The quantitative estimate of drug-likeness (QED) is 0.888. The van der Waals surface area contributed by atoms with E-state index >= 15 is 0 Å². The summed E-state index contributed by atoms with van der Waals surface area (Å²) in [6, 6.07) is 7.51. The second-order valence-electron chi connectivity index (χ2n) is 6.45. The van der Waals surface area contributed by atoms with Gasteiger partial charge in [-0.25, -0.2) is 4.79 Å². The molecule has 0 unspecified atom stereocenters. The van der Waals surface area contributed by atoms with Crippen molar-refractivity contribution in [3.05, 3.63) is 24.3 Å². The molecule has 3 rings (SSSR count). The number of carbonyl (C=O) groups excluding carboxylic acids is 1. The molecule has 21 heavy (non-hydrogen) atoms. The lowest BCUT2D eigenvalue weighted by Crippen LogP contribution is -2.42. The Hall–Kier alpha value is -1.71. The van der Waals surface area contributed by atoms with Gasteiger partial charge in [-0.05, 0) is 68.2 Å². The Morgan fingerprint density at radius 3 is 2.57 bits per heavy atom. The third-order valence-corrected chi connectivity index (χ3v) is 5.14. The number of hydrogen-bond acceptors (Lipinski definition) is 2. The van der Waals surface area contributed by atoms with E-state index in [4.69, 9.17) is 4.74 Å². The molecule has 0 heterocycles. The molecular weight excluding hydrogens is 264 g/mol. The van der Waals surface area contributed by atoms with Crippen molar-refractivity contribution >= 4 is 11.7 Å². The van der Waals surface area contributed by atoms with Gasteiger partial charge in [0.25, 0.3) is 0 Å². The molecule has 114 valence electrons. The Balaban J connectivity index is 1.51. The van der Waals surface area contributed by atoms with E-state index < -0.39 is 0 Å². The second-order valence-corrected chi connectivity index (χ2v) is 6.45. The van der Waals surface area contributed by atoms with Gasteiger partial charge in [-0.15, -0.1) is 0 Å². The van der Waals surface area contributed by atoms with Crippen LogP contribution >= 0.6 is 0 Å². The zero-order valence-electron chi connectivity index (χ0n) is 12.8. The molecule has 2 fully saturated rings. The monoisotopic (exact) mass is 288 g/mol. The normalized spacial score (nSPS) is 28.2. The summed E-state index contributed by atoms with van der Waals surface area (Å²) in [5.41, 5.74) is 0.786. The highest BCUT2D eigenvalue weighted by Crippen LogP contribution is 2.49. The smallest absolute Gasteiger partial charge is 0.319 e. The predicted molar refractivity (Wildman–Crippen MR) is 83.5 cm³/mol. The van der Waals surface area contributed by atoms with Crippen LogP contribution in [0.4, 0.5) is 10.5 Å². The van der Waals surface area contributed by atoms with Gasteiger partial charge in [0.2, 0.25) is 0 Å². The van der Waals surface area contributed by atoms with Crippen LogP contribution in [-0.4, -0.2) is 19.2 Å². The van der Waals surface area contributed by atoms with E-state index in [2.05, 4.69) is 17.6 Å². The molecule has 2 N–H and O–H groups in total. The average Bonchev–Trinajstić information content (AvgIpc) is 3.10. The topological polar surface area (TPSA) is 50.4 Å². The average molecular weight is 288 g/mol. The summed E-state index contributed by atoms with van der Waals surface area (Å²) in [6.07, 6.45) is 5.40. The van der Waals surface area contributed by atoms with Gasteiger partial charge in [0.1, 0.15) is 5.75 Å². The van der Waals surface area contributed by atoms with Crippen molar-refractivity contribution in [1.82, 2.24) is 5.32 Å². The van der Waals surface area contributed by atoms with Crippen molar-refractivity contribution in [3.63, 3.8) is 0 Å². The van der Waals surface area contributed by atoms with Crippen LogP contribution in [0.25, 0.3) is 0 Å². The third-order valence-electron chi connectivity index (χ3n) is 5.14. The van der Waals surface area contributed by atoms with E-state index in [-0.39, 0.29) is 12.1 Å². The highest BCUT2D eigenvalue weighted by Gasteiger charge is 2.42. The molecule has 2 bridgehead atoms. The Kier molecular flexibility index (Phi) is 4.04. The van der Waals surface area contributed by atoms with Crippen molar-refractivity contribution in [2.75, 3.05) is 12.4 Å². The van der Waals surface area contributed by atoms with Crippen LogP contribution < -0.4 is 15.4 Å². The van der Waals surface area contributed by atoms with E-state index in [0.717, 1.165) is 23.3 Å². The first kappa shape index (κ1) is 14.2. The summed E-state index contributed by atoms with van der Waals surface area (Å²) < 4.78 is 5.11. The summed E-state index contributed by atoms with van der Waals surface area (Å²) in [5.74, 6) is 3.18. The molecule has 2 aliphatic carbocycles. The van der Waals surface area contributed by atoms with Crippen molar-refractivity contribution in [1.29, 1.82) is 0 Å². The van der Waals surface area contributed by atoms with Crippen molar-refractivity contribution in [3.8, 4) is 5.75 Å². The van der Waals surface area contributed by atoms with Crippen molar-refractivity contribution < 1.29 is 9.53 Å². The first-order valence-electron chi connectivity index (χ1n) is 7.87. The molecular formula is C17H24N2O2. The third kappa shape index (κ3) is 3.14. The maximum Gasteiger partial charge on any atom is 0.319 e. The second kappa shape index (κ2) is 5.96. The van der Waals surface area contributed by atoms with Gasteiger partial charge in [-0.2, -0.15) is 0 Å². The predicted octanol–water partition coefficient (Wildman–Crippen LogP) is 3.64. The van der Waals surface area contributed by atoms with Gasteiger partial charge in [-0.3, -0.25) is 0 Å². The highest BCUT2D eigenvalue weighted by molar-refractivity contribution is 5.89. The Morgan fingerprint density at radius 1 is 1.24 bits per heavy atom. The molecule has 4 nitrogen and oxygen atoms in total. The number of carbonyl (C=O) groups is 1. The fourth-order valence-electron chi connectivity index (χ4n) is 4.06. The van der Waals surface area contributed by atoms with Crippen LogP contribution in [-0.2, 0) is 0 Å².